The van der Waals surface area contributed by atoms with Crippen LogP contribution in [-0.4, -0.2) is 37.0 Å². The highest BCUT2D eigenvalue weighted by molar-refractivity contribution is 6.31. The molecule has 0 saturated carbocycles. The summed E-state index contributed by atoms with van der Waals surface area (Å²) < 4.78 is 0. The van der Waals surface area contributed by atoms with Crippen LogP contribution in [0.3, 0.4) is 0 Å². The highest BCUT2D eigenvalue weighted by Crippen LogP contribution is 2.28. The molecule has 1 aromatic rings. The summed E-state index contributed by atoms with van der Waals surface area (Å²) in [5.41, 5.74) is 1.75. The number of nitrogens with one attached hydrogen (secondary N) is 1. The highest BCUT2D eigenvalue weighted by atomic mass is 35.5. The van der Waals surface area contributed by atoms with E-state index in [1.54, 1.807) is 6.07 Å². The summed E-state index contributed by atoms with van der Waals surface area (Å²) in [5.74, 6) is 1.39. The average molecular weight is 265 g/mol. The fraction of sp³-hybridized carbons (Fsp3) is 0.500. The van der Waals surface area contributed by atoms with E-state index in [0.29, 0.717) is 16.9 Å². The molecular formula is C14H17ClN2O. The van der Waals surface area contributed by atoms with Crippen molar-refractivity contribution in [2.75, 3.05) is 26.2 Å². The van der Waals surface area contributed by atoms with Crippen LogP contribution >= 0.6 is 11.6 Å². The van der Waals surface area contributed by atoms with E-state index >= 15 is 0 Å². The minimum atomic E-state index is 0.129. The Morgan fingerprint density at radius 2 is 2.00 bits per heavy atom. The van der Waals surface area contributed by atoms with Crippen molar-refractivity contribution in [3.05, 3.63) is 34.3 Å². The summed E-state index contributed by atoms with van der Waals surface area (Å²) in [5, 5.41) is 4.01. The molecule has 2 fully saturated rings. The molecular weight excluding hydrogens is 248 g/mol. The molecule has 4 heteroatoms. The van der Waals surface area contributed by atoms with Gasteiger partial charge >= 0.3 is 0 Å². The van der Waals surface area contributed by atoms with Crippen molar-refractivity contribution in [1.82, 2.24) is 10.2 Å². The standard InChI is InChI=1S/C14H17ClN2O/c1-9-2-3-12(15)4-13(9)14(18)17-7-10-5-16-6-11(10)8-17/h2-4,10-11,16H,5-8H2,1H3/t10-,11+. The highest BCUT2D eigenvalue weighted by Gasteiger charge is 2.38. The molecule has 2 saturated heterocycles. The second kappa shape index (κ2) is 4.56. The smallest absolute Gasteiger partial charge is 0.254 e. The second-order valence-electron chi connectivity index (χ2n) is 5.35. The van der Waals surface area contributed by atoms with Gasteiger partial charge in [0.2, 0.25) is 0 Å². The van der Waals surface area contributed by atoms with E-state index < -0.39 is 0 Å². The zero-order chi connectivity index (χ0) is 12.7. The molecule has 0 bridgehead atoms. The number of aryl methyl sites for hydroxylation is 1. The van der Waals surface area contributed by atoms with Gasteiger partial charge in [0.25, 0.3) is 5.91 Å². The Bertz CT molecular complexity index is 477. The van der Waals surface area contributed by atoms with Gasteiger partial charge < -0.3 is 10.2 Å². The van der Waals surface area contributed by atoms with E-state index in [4.69, 9.17) is 11.6 Å². The van der Waals surface area contributed by atoms with Crippen molar-refractivity contribution in [3.63, 3.8) is 0 Å². The van der Waals surface area contributed by atoms with Crippen LogP contribution < -0.4 is 5.32 Å². The van der Waals surface area contributed by atoms with Crippen LogP contribution in [0.15, 0.2) is 18.2 Å². The molecule has 1 N–H and O–H groups in total. The largest absolute Gasteiger partial charge is 0.338 e. The number of halogens is 1. The van der Waals surface area contributed by atoms with Gasteiger partial charge in [-0.1, -0.05) is 17.7 Å². The summed E-state index contributed by atoms with van der Waals surface area (Å²) in [7, 11) is 0. The number of amides is 1. The zero-order valence-electron chi connectivity index (χ0n) is 10.4. The number of fused-ring (bicyclic) bond motifs is 1. The van der Waals surface area contributed by atoms with Crippen LogP contribution in [0.2, 0.25) is 5.02 Å². The molecule has 3 nitrogen and oxygen atoms in total. The van der Waals surface area contributed by atoms with Crippen LogP contribution in [0.4, 0.5) is 0 Å². The minimum Gasteiger partial charge on any atom is -0.338 e. The Morgan fingerprint density at radius 1 is 1.33 bits per heavy atom. The molecule has 0 radical (unpaired) electrons. The molecule has 96 valence electrons. The number of carbonyl (C=O) groups excluding carboxylic acids is 1. The first kappa shape index (κ1) is 12.0. The van der Waals surface area contributed by atoms with Crippen LogP contribution in [0.25, 0.3) is 0 Å². The minimum absolute atomic E-state index is 0.129. The molecule has 18 heavy (non-hydrogen) atoms. The van der Waals surface area contributed by atoms with Crippen molar-refractivity contribution in [3.8, 4) is 0 Å². The first-order chi connectivity index (χ1) is 8.65. The Morgan fingerprint density at radius 3 is 2.67 bits per heavy atom. The van der Waals surface area contributed by atoms with Crippen molar-refractivity contribution in [2.45, 2.75) is 6.92 Å². The molecule has 0 unspecified atom stereocenters. The Labute approximate surface area is 112 Å². The number of carbonyl (C=O) groups is 1. The van der Waals surface area contributed by atoms with Gasteiger partial charge in [0.1, 0.15) is 0 Å². The Kier molecular flexibility index (Phi) is 3.04. The van der Waals surface area contributed by atoms with E-state index in [-0.39, 0.29) is 5.91 Å². The number of hydrogen-bond donors (Lipinski definition) is 1. The first-order valence-electron chi connectivity index (χ1n) is 6.41. The van der Waals surface area contributed by atoms with Crippen LogP contribution in [0.1, 0.15) is 15.9 Å². The lowest BCUT2D eigenvalue weighted by atomic mass is 10.0. The zero-order valence-corrected chi connectivity index (χ0v) is 11.2. The maximum Gasteiger partial charge on any atom is 0.254 e. The fourth-order valence-corrected chi connectivity index (χ4v) is 3.19. The Balaban J connectivity index is 1.81. The Hall–Kier alpha value is -1.06. The third-order valence-electron chi connectivity index (χ3n) is 4.11. The number of benzene rings is 1. The molecule has 2 aliphatic rings. The maximum absolute atomic E-state index is 12.5. The molecule has 0 aliphatic carbocycles. The van der Waals surface area contributed by atoms with Crippen LogP contribution in [0.5, 0.6) is 0 Å². The predicted octanol–water partition coefficient (Wildman–Crippen LogP) is 1.94. The van der Waals surface area contributed by atoms with Crippen molar-refractivity contribution >= 4 is 17.5 Å². The molecule has 2 atom stereocenters. The lowest BCUT2D eigenvalue weighted by Gasteiger charge is -2.18. The van der Waals surface area contributed by atoms with E-state index in [2.05, 4.69) is 5.32 Å². The van der Waals surface area contributed by atoms with E-state index in [1.807, 2.05) is 24.0 Å². The molecule has 0 spiro atoms. The topological polar surface area (TPSA) is 32.3 Å². The predicted molar refractivity (Wildman–Crippen MR) is 71.9 cm³/mol. The third-order valence-corrected chi connectivity index (χ3v) is 4.34. The molecule has 2 heterocycles. The lowest BCUT2D eigenvalue weighted by Crippen LogP contribution is -2.32. The lowest BCUT2D eigenvalue weighted by molar-refractivity contribution is 0.0781. The number of nitrogens with zero attached hydrogens (tertiary/aromatic N) is 1. The van der Waals surface area contributed by atoms with Gasteiger partial charge in [0, 0.05) is 36.8 Å². The van der Waals surface area contributed by atoms with Crippen molar-refractivity contribution in [1.29, 1.82) is 0 Å². The monoisotopic (exact) mass is 264 g/mol. The first-order valence-corrected chi connectivity index (χ1v) is 6.79. The summed E-state index contributed by atoms with van der Waals surface area (Å²) in [6.07, 6.45) is 0. The molecule has 1 aromatic carbocycles. The van der Waals surface area contributed by atoms with Gasteiger partial charge in [0.15, 0.2) is 0 Å². The molecule has 0 aromatic heterocycles. The fourth-order valence-electron chi connectivity index (χ4n) is 3.02. The van der Waals surface area contributed by atoms with E-state index in [0.717, 1.165) is 37.3 Å². The molecule has 3 rings (SSSR count). The van der Waals surface area contributed by atoms with Crippen LogP contribution in [0, 0.1) is 18.8 Å². The van der Waals surface area contributed by atoms with Gasteiger partial charge in [-0.15, -0.1) is 0 Å². The molecule has 2 aliphatic heterocycles. The van der Waals surface area contributed by atoms with Gasteiger partial charge in [-0.05, 0) is 36.5 Å². The summed E-state index contributed by atoms with van der Waals surface area (Å²) in [6.45, 7) is 5.80. The maximum atomic E-state index is 12.5. The third kappa shape index (κ3) is 2.02. The van der Waals surface area contributed by atoms with E-state index in [9.17, 15) is 4.79 Å². The summed E-state index contributed by atoms with van der Waals surface area (Å²) in [4.78, 5) is 14.5. The number of likely N-dealkylation sites (tertiary alicyclic amines) is 1. The normalized spacial score (nSPS) is 26.4. The van der Waals surface area contributed by atoms with Gasteiger partial charge in [0.05, 0.1) is 0 Å². The van der Waals surface area contributed by atoms with Crippen molar-refractivity contribution < 1.29 is 4.79 Å². The van der Waals surface area contributed by atoms with Gasteiger partial charge in [-0.3, -0.25) is 4.79 Å². The second-order valence-corrected chi connectivity index (χ2v) is 5.78. The van der Waals surface area contributed by atoms with Gasteiger partial charge in [-0.2, -0.15) is 0 Å². The molecule has 1 amide bonds. The number of rotatable bonds is 1. The van der Waals surface area contributed by atoms with Gasteiger partial charge in [-0.25, -0.2) is 0 Å². The van der Waals surface area contributed by atoms with Crippen molar-refractivity contribution in [2.24, 2.45) is 11.8 Å². The SMILES string of the molecule is Cc1ccc(Cl)cc1C(=O)N1C[C@H]2CNC[C@H]2C1. The quantitative estimate of drug-likeness (QED) is 0.841. The van der Waals surface area contributed by atoms with Crippen LogP contribution in [-0.2, 0) is 0 Å². The average Bonchev–Trinajstić information content (AvgIpc) is 2.91. The summed E-state index contributed by atoms with van der Waals surface area (Å²) in [6, 6.07) is 5.52. The number of hydrogen-bond acceptors (Lipinski definition) is 2. The summed E-state index contributed by atoms with van der Waals surface area (Å²) >= 11 is 5.98. The van der Waals surface area contributed by atoms with E-state index in [1.165, 1.54) is 0 Å².